The zero-order valence-electron chi connectivity index (χ0n) is 13.4. The van der Waals surface area contributed by atoms with Crippen molar-refractivity contribution in [3.05, 3.63) is 0 Å². The predicted molar refractivity (Wildman–Crippen MR) is 75.8 cm³/mol. The van der Waals surface area contributed by atoms with Crippen molar-refractivity contribution in [1.82, 2.24) is 0 Å². The molecule has 1 N–H and O–H groups in total. The molecule has 0 aromatic heterocycles. The van der Waals surface area contributed by atoms with Crippen molar-refractivity contribution in [2.75, 3.05) is 19.8 Å². The first kappa shape index (κ1) is 22.3. The van der Waals surface area contributed by atoms with Gasteiger partial charge in [0.2, 0.25) is 5.78 Å². The number of hydrogen-bond acceptors (Lipinski definition) is 8. The smallest absolute Gasteiger partial charge is 0.374 e. The number of esters is 3. The second kappa shape index (κ2) is 14.0. The van der Waals surface area contributed by atoms with Crippen LogP contribution in [0.1, 0.15) is 40.5 Å². The summed E-state index contributed by atoms with van der Waals surface area (Å²) >= 11 is 0. The maximum atomic E-state index is 10.3. The number of ketones is 1. The van der Waals surface area contributed by atoms with Crippen molar-refractivity contribution < 1.29 is 38.5 Å². The number of aliphatic hydroxyl groups excluding tert-OH is 1. The number of rotatable bonds is 4. The lowest BCUT2D eigenvalue weighted by Crippen LogP contribution is -2.18. The van der Waals surface area contributed by atoms with E-state index in [9.17, 15) is 19.2 Å². The molecule has 8 nitrogen and oxygen atoms in total. The molecule has 1 atom stereocenters. The van der Waals surface area contributed by atoms with Crippen LogP contribution in [-0.4, -0.2) is 54.7 Å². The topological polar surface area (TPSA) is 116 Å². The average molecular weight is 320 g/mol. The molecule has 1 fully saturated rings. The molecule has 1 aliphatic rings. The Morgan fingerprint density at radius 2 is 1.77 bits per heavy atom. The quantitative estimate of drug-likeness (QED) is 0.449. The zero-order chi connectivity index (χ0) is 17.5. The standard InChI is InChI=1S/C5H10O3.C5H8O3.C4H6O2/c2*1-3-8-5(7)4(2)6;5-4-2-1-3-6-4/h4,6H,3H2,1-2H3;3H2,1-2H3;1-3H2. The Bertz CT molecular complexity index is 354. The molecule has 128 valence electrons. The highest BCUT2D eigenvalue weighted by molar-refractivity contribution is 6.32. The van der Waals surface area contributed by atoms with Crippen LogP contribution in [0.15, 0.2) is 0 Å². The Morgan fingerprint density at radius 3 is 1.91 bits per heavy atom. The third-order valence-corrected chi connectivity index (χ3v) is 1.98. The highest BCUT2D eigenvalue weighted by atomic mass is 16.5. The van der Waals surface area contributed by atoms with Crippen LogP contribution in [0.25, 0.3) is 0 Å². The fraction of sp³-hybridized carbons (Fsp3) is 0.714. The van der Waals surface area contributed by atoms with E-state index in [-0.39, 0.29) is 12.6 Å². The number of Topliss-reactive ketones (excluding diaryl/α,β-unsaturated/α-hetero) is 1. The van der Waals surface area contributed by atoms with Gasteiger partial charge in [-0.1, -0.05) is 0 Å². The summed E-state index contributed by atoms with van der Waals surface area (Å²) in [7, 11) is 0. The molecule has 1 heterocycles. The summed E-state index contributed by atoms with van der Waals surface area (Å²) in [5.74, 6) is -1.91. The molecular formula is C14H24O8. The number of hydrogen-bond donors (Lipinski definition) is 1. The third-order valence-electron chi connectivity index (χ3n) is 1.98. The van der Waals surface area contributed by atoms with Gasteiger partial charge in [-0.25, -0.2) is 9.59 Å². The summed E-state index contributed by atoms with van der Waals surface area (Å²) in [5, 5.41) is 8.48. The minimum Gasteiger partial charge on any atom is -0.466 e. The molecule has 0 spiro atoms. The van der Waals surface area contributed by atoms with Crippen molar-refractivity contribution in [1.29, 1.82) is 0 Å². The lowest BCUT2D eigenvalue weighted by atomic mass is 10.4. The summed E-state index contributed by atoms with van der Waals surface area (Å²) in [4.78, 5) is 40.5. The van der Waals surface area contributed by atoms with Crippen molar-refractivity contribution >= 4 is 23.7 Å². The molecular weight excluding hydrogens is 296 g/mol. The molecule has 0 aromatic carbocycles. The summed E-state index contributed by atoms with van der Waals surface area (Å²) in [6.07, 6.45) is 0.550. The molecule has 8 heteroatoms. The van der Waals surface area contributed by atoms with E-state index in [2.05, 4.69) is 14.2 Å². The summed E-state index contributed by atoms with van der Waals surface area (Å²) in [6.45, 7) is 7.12. The van der Waals surface area contributed by atoms with Gasteiger partial charge in [0, 0.05) is 13.3 Å². The van der Waals surface area contributed by atoms with E-state index in [1.807, 2.05) is 0 Å². The highest BCUT2D eigenvalue weighted by Crippen LogP contribution is 2.01. The Morgan fingerprint density at radius 1 is 1.23 bits per heavy atom. The molecule has 0 radical (unpaired) electrons. The van der Waals surface area contributed by atoms with E-state index in [0.717, 1.165) is 6.42 Å². The van der Waals surface area contributed by atoms with Gasteiger partial charge in [-0.2, -0.15) is 0 Å². The zero-order valence-corrected chi connectivity index (χ0v) is 13.4. The molecule has 22 heavy (non-hydrogen) atoms. The molecule has 0 aliphatic carbocycles. The first-order chi connectivity index (χ1) is 10.3. The normalized spacial score (nSPS) is 13.4. The van der Waals surface area contributed by atoms with Crippen LogP contribution in [0.5, 0.6) is 0 Å². The molecule has 1 unspecified atom stereocenters. The third kappa shape index (κ3) is 14.4. The minimum atomic E-state index is -0.991. The van der Waals surface area contributed by atoms with Gasteiger partial charge in [0.1, 0.15) is 6.10 Å². The lowest BCUT2D eigenvalue weighted by Gasteiger charge is -2.01. The Kier molecular flexibility index (Phi) is 14.2. The van der Waals surface area contributed by atoms with E-state index in [1.54, 1.807) is 13.8 Å². The van der Waals surface area contributed by atoms with Gasteiger partial charge in [0.05, 0.1) is 19.8 Å². The van der Waals surface area contributed by atoms with Crippen LogP contribution in [0.4, 0.5) is 0 Å². The highest BCUT2D eigenvalue weighted by Gasteiger charge is 2.08. The molecule has 1 rings (SSSR count). The van der Waals surface area contributed by atoms with Gasteiger partial charge in [-0.3, -0.25) is 9.59 Å². The van der Waals surface area contributed by atoms with Gasteiger partial charge < -0.3 is 19.3 Å². The van der Waals surface area contributed by atoms with E-state index in [4.69, 9.17) is 5.11 Å². The van der Waals surface area contributed by atoms with Gasteiger partial charge in [0.15, 0.2) is 0 Å². The van der Waals surface area contributed by atoms with E-state index in [1.165, 1.54) is 13.8 Å². The van der Waals surface area contributed by atoms with Gasteiger partial charge in [-0.15, -0.1) is 0 Å². The Balaban J connectivity index is 0. The van der Waals surface area contributed by atoms with Crippen molar-refractivity contribution in [3.8, 4) is 0 Å². The van der Waals surface area contributed by atoms with Gasteiger partial charge >= 0.3 is 17.9 Å². The molecule has 0 bridgehead atoms. The van der Waals surface area contributed by atoms with Crippen LogP contribution in [0.2, 0.25) is 0 Å². The minimum absolute atomic E-state index is 0.0463. The average Bonchev–Trinajstić information content (AvgIpc) is 2.91. The number of aliphatic hydroxyl groups is 1. The molecule has 1 saturated heterocycles. The number of carbonyl (C=O) groups excluding carboxylic acids is 4. The predicted octanol–water partition coefficient (Wildman–Crippen LogP) is 0.392. The lowest BCUT2D eigenvalue weighted by molar-refractivity contribution is -0.152. The van der Waals surface area contributed by atoms with Crippen molar-refractivity contribution in [2.45, 2.75) is 46.6 Å². The SMILES string of the molecule is CCOC(=O)C(C)=O.CCOC(=O)C(C)O.O=C1CCCO1. The Labute approximate surface area is 129 Å². The number of carbonyl (C=O) groups is 4. The van der Waals surface area contributed by atoms with Crippen molar-refractivity contribution in [3.63, 3.8) is 0 Å². The first-order valence-electron chi connectivity index (χ1n) is 6.94. The summed E-state index contributed by atoms with van der Waals surface area (Å²) in [6, 6.07) is 0. The number of cyclic esters (lactones) is 1. The second-order valence-corrected chi connectivity index (χ2v) is 4.03. The summed E-state index contributed by atoms with van der Waals surface area (Å²) in [5.41, 5.74) is 0. The Hall–Kier alpha value is -1.96. The molecule has 0 aromatic rings. The fourth-order valence-electron chi connectivity index (χ4n) is 0.970. The largest absolute Gasteiger partial charge is 0.466 e. The van der Waals surface area contributed by atoms with Crippen LogP contribution in [0, 0.1) is 0 Å². The fourth-order valence-corrected chi connectivity index (χ4v) is 0.970. The van der Waals surface area contributed by atoms with Crippen LogP contribution in [0.3, 0.4) is 0 Å². The monoisotopic (exact) mass is 320 g/mol. The van der Waals surface area contributed by atoms with Crippen molar-refractivity contribution in [2.24, 2.45) is 0 Å². The maximum Gasteiger partial charge on any atom is 0.374 e. The molecule has 0 saturated carbocycles. The maximum absolute atomic E-state index is 10.3. The van der Waals surface area contributed by atoms with Crippen LogP contribution in [-0.2, 0) is 33.4 Å². The van der Waals surface area contributed by atoms with Crippen LogP contribution >= 0.6 is 0 Å². The second-order valence-electron chi connectivity index (χ2n) is 4.03. The summed E-state index contributed by atoms with van der Waals surface area (Å²) < 4.78 is 13.2. The van der Waals surface area contributed by atoms with Gasteiger partial charge in [-0.05, 0) is 27.2 Å². The van der Waals surface area contributed by atoms with E-state index >= 15 is 0 Å². The van der Waals surface area contributed by atoms with E-state index in [0.29, 0.717) is 19.6 Å². The van der Waals surface area contributed by atoms with Gasteiger partial charge in [0.25, 0.3) is 0 Å². The molecule has 1 aliphatic heterocycles. The first-order valence-corrected chi connectivity index (χ1v) is 6.94. The van der Waals surface area contributed by atoms with Crippen LogP contribution < -0.4 is 0 Å². The van der Waals surface area contributed by atoms with E-state index < -0.39 is 23.8 Å². The molecule has 0 amide bonds. The number of ether oxygens (including phenoxy) is 3.